The third-order valence-electron chi connectivity index (χ3n) is 4.29. The number of carbonyl (C=O) groups excluding carboxylic acids is 1. The summed E-state index contributed by atoms with van der Waals surface area (Å²) in [4.78, 5) is 16.0. The first-order valence-electron chi connectivity index (χ1n) is 8.97. The molecule has 31 heavy (non-hydrogen) atoms. The molecule has 0 bridgehead atoms. The predicted octanol–water partition coefficient (Wildman–Crippen LogP) is 2.60. The standard InChI is InChI=1S/C19H18F3N5O3S/c1-13(14-5-7-16(8-6-14)27-12-23-11-24-27)26-18(28)15-3-2-4-17(9-15)31(29,30)25-10-19(20,21)22/h2-9,11-13,25H,10H2,1H3,(H,26,28). The Hall–Kier alpha value is -3.25. The molecule has 0 fully saturated rings. The predicted molar refractivity (Wildman–Crippen MR) is 105 cm³/mol. The molecule has 1 aromatic heterocycles. The molecule has 8 nitrogen and oxygen atoms in total. The summed E-state index contributed by atoms with van der Waals surface area (Å²) in [6.45, 7) is 0.0429. The van der Waals surface area contributed by atoms with Crippen molar-refractivity contribution < 1.29 is 26.4 Å². The Morgan fingerprint density at radius 2 is 1.87 bits per heavy atom. The number of hydrogen-bond donors (Lipinski definition) is 2. The highest BCUT2D eigenvalue weighted by Crippen LogP contribution is 2.18. The summed E-state index contributed by atoms with van der Waals surface area (Å²) in [6.07, 6.45) is -1.74. The molecule has 0 spiro atoms. The molecule has 0 saturated heterocycles. The highest BCUT2D eigenvalue weighted by Gasteiger charge is 2.30. The number of sulfonamides is 1. The summed E-state index contributed by atoms with van der Waals surface area (Å²) in [5.41, 5.74) is 1.57. The number of rotatable bonds is 7. The van der Waals surface area contributed by atoms with Crippen LogP contribution in [0.3, 0.4) is 0 Å². The van der Waals surface area contributed by atoms with Crippen LogP contribution in [0.5, 0.6) is 0 Å². The van der Waals surface area contributed by atoms with E-state index in [-0.39, 0.29) is 5.56 Å². The number of hydrogen-bond acceptors (Lipinski definition) is 5. The second-order valence-electron chi connectivity index (χ2n) is 6.59. The van der Waals surface area contributed by atoms with Crippen LogP contribution in [0.4, 0.5) is 13.2 Å². The molecular formula is C19H18F3N5O3S. The number of alkyl halides is 3. The van der Waals surface area contributed by atoms with E-state index in [1.807, 2.05) is 0 Å². The van der Waals surface area contributed by atoms with Crippen molar-refractivity contribution in [2.75, 3.05) is 6.54 Å². The van der Waals surface area contributed by atoms with Crippen LogP contribution in [0.1, 0.15) is 28.9 Å². The van der Waals surface area contributed by atoms with Gasteiger partial charge in [0.25, 0.3) is 5.91 Å². The van der Waals surface area contributed by atoms with Gasteiger partial charge in [-0.2, -0.15) is 18.3 Å². The molecule has 2 aromatic carbocycles. The first kappa shape index (κ1) is 22.4. The van der Waals surface area contributed by atoms with Gasteiger partial charge in [0.2, 0.25) is 10.0 Å². The van der Waals surface area contributed by atoms with Gasteiger partial charge in [-0.1, -0.05) is 18.2 Å². The minimum Gasteiger partial charge on any atom is -0.346 e. The van der Waals surface area contributed by atoms with E-state index in [2.05, 4.69) is 15.4 Å². The lowest BCUT2D eigenvalue weighted by atomic mass is 10.1. The van der Waals surface area contributed by atoms with Crippen LogP contribution in [0, 0.1) is 0 Å². The van der Waals surface area contributed by atoms with Crippen LogP contribution in [-0.2, 0) is 10.0 Å². The zero-order valence-corrected chi connectivity index (χ0v) is 17.0. The number of nitrogens with zero attached hydrogens (tertiary/aromatic N) is 3. The Morgan fingerprint density at radius 1 is 1.16 bits per heavy atom. The number of aromatic nitrogens is 3. The van der Waals surface area contributed by atoms with Crippen LogP contribution in [0.15, 0.2) is 66.1 Å². The van der Waals surface area contributed by atoms with Crippen molar-refractivity contribution in [2.24, 2.45) is 0 Å². The summed E-state index contributed by atoms with van der Waals surface area (Å²) >= 11 is 0. The molecule has 1 unspecified atom stereocenters. The molecule has 3 rings (SSSR count). The number of carbonyl (C=O) groups is 1. The summed E-state index contributed by atoms with van der Waals surface area (Å²) in [6, 6.07) is 11.6. The fraction of sp³-hybridized carbons (Fsp3) is 0.211. The van der Waals surface area contributed by atoms with E-state index in [9.17, 15) is 26.4 Å². The Morgan fingerprint density at radius 3 is 2.48 bits per heavy atom. The highest BCUT2D eigenvalue weighted by atomic mass is 32.2. The van der Waals surface area contributed by atoms with Gasteiger partial charge in [-0.25, -0.2) is 22.8 Å². The minimum absolute atomic E-state index is 0.000898. The third kappa shape index (κ3) is 5.89. The fourth-order valence-corrected chi connectivity index (χ4v) is 3.75. The normalized spacial score (nSPS) is 13.0. The topological polar surface area (TPSA) is 106 Å². The van der Waals surface area contributed by atoms with Gasteiger partial charge in [0.05, 0.1) is 16.6 Å². The summed E-state index contributed by atoms with van der Waals surface area (Å²) in [7, 11) is -4.42. The summed E-state index contributed by atoms with van der Waals surface area (Å²) in [5.74, 6) is -0.569. The van der Waals surface area contributed by atoms with Gasteiger partial charge in [-0.15, -0.1) is 0 Å². The van der Waals surface area contributed by atoms with Crippen LogP contribution < -0.4 is 10.0 Å². The van der Waals surface area contributed by atoms with Gasteiger partial charge in [0.15, 0.2) is 0 Å². The second-order valence-corrected chi connectivity index (χ2v) is 8.36. The monoisotopic (exact) mass is 453 g/mol. The van der Waals surface area contributed by atoms with Crippen molar-refractivity contribution in [1.82, 2.24) is 24.8 Å². The van der Waals surface area contributed by atoms with E-state index in [1.54, 1.807) is 42.2 Å². The molecule has 0 aliphatic carbocycles. The minimum atomic E-state index is -4.69. The Labute approximate surface area is 176 Å². The first-order chi connectivity index (χ1) is 14.5. The zero-order chi connectivity index (χ0) is 22.6. The first-order valence-corrected chi connectivity index (χ1v) is 10.5. The highest BCUT2D eigenvalue weighted by molar-refractivity contribution is 7.89. The molecule has 12 heteroatoms. The molecule has 1 amide bonds. The van der Waals surface area contributed by atoms with Gasteiger partial charge in [0, 0.05) is 5.56 Å². The van der Waals surface area contributed by atoms with Crippen molar-refractivity contribution >= 4 is 15.9 Å². The van der Waals surface area contributed by atoms with Gasteiger partial charge < -0.3 is 5.32 Å². The lowest BCUT2D eigenvalue weighted by Gasteiger charge is -2.15. The fourth-order valence-electron chi connectivity index (χ4n) is 2.69. The van der Waals surface area contributed by atoms with E-state index in [4.69, 9.17) is 0 Å². The van der Waals surface area contributed by atoms with E-state index in [0.29, 0.717) is 0 Å². The molecule has 0 saturated carbocycles. The Kier molecular flexibility index (Phi) is 6.41. The average molecular weight is 453 g/mol. The van der Waals surface area contributed by atoms with Crippen molar-refractivity contribution in [3.05, 3.63) is 72.3 Å². The van der Waals surface area contributed by atoms with Gasteiger partial charge in [-0.05, 0) is 42.8 Å². The van der Waals surface area contributed by atoms with Crippen LogP contribution in [0.25, 0.3) is 5.69 Å². The lowest BCUT2D eigenvalue weighted by Crippen LogP contribution is -2.34. The largest absolute Gasteiger partial charge is 0.402 e. The van der Waals surface area contributed by atoms with Crippen molar-refractivity contribution in [3.63, 3.8) is 0 Å². The SMILES string of the molecule is CC(NC(=O)c1cccc(S(=O)(=O)NCC(F)(F)F)c1)c1ccc(-n2cncn2)cc1. The zero-order valence-electron chi connectivity index (χ0n) is 16.2. The molecule has 0 radical (unpaired) electrons. The average Bonchev–Trinajstić information content (AvgIpc) is 3.27. The van der Waals surface area contributed by atoms with E-state index >= 15 is 0 Å². The van der Waals surface area contributed by atoms with E-state index in [1.165, 1.54) is 23.2 Å². The maximum atomic E-state index is 12.5. The van der Waals surface area contributed by atoms with Crippen molar-refractivity contribution in [2.45, 2.75) is 24.0 Å². The van der Waals surface area contributed by atoms with Crippen molar-refractivity contribution in [1.29, 1.82) is 0 Å². The third-order valence-corrected chi connectivity index (χ3v) is 5.69. The van der Waals surface area contributed by atoms with Gasteiger partial charge >= 0.3 is 6.18 Å². The van der Waals surface area contributed by atoms with E-state index in [0.717, 1.165) is 23.4 Å². The quantitative estimate of drug-likeness (QED) is 0.572. The smallest absolute Gasteiger partial charge is 0.346 e. The second kappa shape index (κ2) is 8.86. The molecule has 1 atom stereocenters. The molecule has 3 aromatic rings. The van der Waals surface area contributed by atoms with Gasteiger partial charge in [0.1, 0.15) is 19.2 Å². The number of amides is 1. The summed E-state index contributed by atoms with van der Waals surface area (Å²) in [5, 5.41) is 6.76. The van der Waals surface area contributed by atoms with Crippen molar-refractivity contribution in [3.8, 4) is 5.69 Å². The maximum Gasteiger partial charge on any atom is 0.402 e. The number of halogens is 3. The molecule has 1 heterocycles. The number of nitrogens with one attached hydrogen (secondary N) is 2. The Bertz CT molecular complexity index is 1150. The molecule has 2 N–H and O–H groups in total. The number of benzene rings is 2. The Balaban J connectivity index is 1.69. The van der Waals surface area contributed by atoms with E-state index < -0.39 is 39.6 Å². The molecule has 164 valence electrons. The van der Waals surface area contributed by atoms with Gasteiger partial charge in [-0.3, -0.25) is 4.79 Å². The summed E-state index contributed by atoms with van der Waals surface area (Å²) < 4.78 is 64.1. The maximum absolute atomic E-state index is 12.5. The molecule has 0 aliphatic rings. The molecule has 0 aliphatic heterocycles. The molecular weight excluding hydrogens is 435 g/mol. The lowest BCUT2D eigenvalue weighted by molar-refractivity contribution is -0.121. The van der Waals surface area contributed by atoms with Crippen LogP contribution in [0.2, 0.25) is 0 Å². The van der Waals surface area contributed by atoms with Crippen LogP contribution >= 0.6 is 0 Å². The van der Waals surface area contributed by atoms with Crippen LogP contribution in [-0.4, -0.2) is 41.8 Å².